The molecule has 0 aromatic heterocycles. The first-order valence-electron chi connectivity index (χ1n) is 3.86. The average Bonchev–Trinajstić information content (AvgIpc) is 1.91. The van der Waals surface area contributed by atoms with E-state index >= 15 is 0 Å². The summed E-state index contributed by atoms with van der Waals surface area (Å²) in [4.78, 5) is 10.5. The van der Waals surface area contributed by atoms with Crippen LogP contribution in [0.5, 0.6) is 0 Å². The Morgan fingerprint density at radius 1 is 1.50 bits per heavy atom. The summed E-state index contributed by atoms with van der Waals surface area (Å²) < 4.78 is 0. The Morgan fingerprint density at radius 2 is 1.90 bits per heavy atom. The van der Waals surface area contributed by atoms with E-state index in [9.17, 15) is 4.79 Å². The molecule has 0 rings (SSSR count). The van der Waals surface area contributed by atoms with Gasteiger partial charge in [-0.25, -0.2) is 0 Å². The third-order valence-electron chi connectivity index (χ3n) is 0.917. The molecular formula is C8H18O2. The molecule has 1 atom stereocenters. The van der Waals surface area contributed by atoms with Gasteiger partial charge in [-0.2, -0.15) is 0 Å². The van der Waals surface area contributed by atoms with Crippen molar-refractivity contribution < 1.29 is 9.90 Å². The zero-order chi connectivity index (χ0) is 8.57. The van der Waals surface area contributed by atoms with Crippen molar-refractivity contribution in [1.82, 2.24) is 0 Å². The highest BCUT2D eigenvalue weighted by Crippen LogP contribution is 1.93. The number of hydrogen-bond donors (Lipinski definition) is 1. The van der Waals surface area contributed by atoms with Crippen LogP contribution in [0.25, 0.3) is 0 Å². The van der Waals surface area contributed by atoms with Gasteiger partial charge in [-0.15, -0.1) is 0 Å². The van der Waals surface area contributed by atoms with Crippen molar-refractivity contribution in [2.75, 3.05) is 0 Å². The van der Waals surface area contributed by atoms with Crippen LogP contribution in [0, 0.1) is 0 Å². The highest BCUT2D eigenvalue weighted by molar-refractivity contribution is 5.78. The number of carbonyl (C=O) groups is 1. The van der Waals surface area contributed by atoms with Crippen LogP contribution in [0.2, 0.25) is 0 Å². The van der Waals surface area contributed by atoms with E-state index in [4.69, 9.17) is 5.11 Å². The van der Waals surface area contributed by atoms with Gasteiger partial charge in [-0.1, -0.05) is 20.8 Å². The molecule has 62 valence electrons. The van der Waals surface area contributed by atoms with Crippen molar-refractivity contribution in [1.29, 1.82) is 0 Å². The molecular weight excluding hydrogens is 128 g/mol. The van der Waals surface area contributed by atoms with Crippen LogP contribution in [-0.2, 0) is 4.79 Å². The van der Waals surface area contributed by atoms with Crippen LogP contribution < -0.4 is 0 Å². The first kappa shape index (κ1) is 12.3. The van der Waals surface area contributed by atoms with Gasteiger partial charge in [0.1, 0.15) is 5.78 Å². The van der Waals surface area contributed by atoms with Gasteiger partial charge in [0.05, 0.1) is 6.10 Å². The molecule has 0 radical (unpaired) electrons. The first-order chi connectivity index (χ1) is 4.66. The van der Waals surface area contributed by atoms with Gasteiger partial charge in [-0.3, -0.25) is 4.79 Å². The maximum Gasteiger partial charge on any atom is 0.135 e. The third-order valence-corrected chi connectivity index (χ3v) is 0.917. The quantitative estimate of drug-likeness (QED) is 0.658. The fraction of sp³-hybridized carbons (Fsp3) is 0.875. The number of Topliss-reactive ketones (excluding diaryl/α,β-unsaturated/α-hetero) is 1. The second-order valence-electron chi connectivity index (χ2n) is 1.95. The van der Waals surface area contributed by atoms with Crippen molar-refractivity contribution in [3.05, 3.63) is 0 Å². The van der Waals surface area contributed by atoms with Crippen molar-refractivity contribution in [2.45, 2.75) is 46.6 Å². The molecule has 0 amide bonds. The predicted molar refractivity (Wildman–Crippen MR) is 42.9 cm³/mol. The number of rotatable bonds is 3. The largest absolute Gasteiger partial charge is 0.393 e. The van der Waals surface area contributed by atoms with E-state index in [0.717, 1.165) is 0 Å². The predicted octanol–water partition coefficient (Wildman–Crippen LogP) is 1.76. The van der Waals surface area contributed by atoms with E-state index in [1.807, 2.05) is 13.8 Å². The molecule has 0 spiro atoms. The summed E-state index contributed by atoms with van der Waals surface area (Å²) in [6.45, 7) is 7.41. The smallest absolute Gasteiger partial charge is 0.135 e. The SMILES string of the molecule is CC.CCC(=O)CC(C)O. The fourth-order valence-corrected chi connectivity index (χ4v) is 0.474. The maximum atomic E-state index is 10.5. The number of carbonyl (C=O) groups excluding carboxylic acids is 1. The van der Waals surface area contributed by atoms with E-state index in [1.165, 1.54) is 0 Å². The zero-order valence-electron chi connectivity index (χ0n) is 7.35. The summed E-state index contributed by atoms with van der Waals surface area (Å²) in [7, 11) is 0. The average molecular weight is 146 g/mol. The summed E-state index contributed by atoms with van der Waals surface area (Å²) in [6.07, 6.45) is 0.365. The molecule has 1 N–H and O–H groups in total. The van der Waals surface area contributed by atoms with Gasteiger partial charge < -0.3 is 5.11 Å². The van der Waals surface area contributed by atoms with E-state index in [2.05, 4.69) is 0 Å². The van der Waals surface area contributed by atoms with Crippen LogP contribution in [-0.4, -0.2) is 17.0 Å². The van der Waals surface area contributed by atoms with Gasteiger partial charge in [-0.05, 0) is 6.92 Å². The van der Waals surface area contributed by atoms with Crippen LogP contribution in [0.15, 0.2) is 0 Å². The highest BCUT2D eigenvalue weighted by atomic mass is 16.3. The summed E-state index contributed by atoms with van der Waals surface area (Å²) in [6, 6.07) is 0. The van der Waals surface area contributed by atoms with E-state index in [-0.39, 0.29) is 5.78 Å². The van der Waals surface area contributed by atoms with E-state index in [1.54, 1.807) is 13.8 Å². The normalized spacial score (nSPS) is 11.3. The van der Waals surface area contributed by atoms with Crippen molar-refractivity contribution >= 4 is 5.78 Å². The molecule has 2 nitrogen and oxygen atoms in total. The van der Waals surface area contributed by atoms with Gasteiger partial charge in [0.25, 0.3) is 0 Å². The third kappa shape index (κ3) is 10.6. The van der Waals surface area contributed by atoms with Crippen LogP contribution in [0.4, 0.5) is 0 Å². The number of ketones is 1. The molecule has 0 heterocycles. The summed E-state index contributed by atoms with van der Waals surface area (Å²) in [5.74, 6) is 0.125. The molecule has 2 heteroatoms. The molecule has 0 fully saturated rings. The lowest BCUT2D eigenvalue weighted by molar-refractivity contribution is -0.120. The molecule has 10 heavy (non-hydrogen) atoms. The number of aliphatic hydroxyl groups is 1. The van der Waals surface area contributed by atoms with Gasteiger partial charge in [0, 0.05) is 12.8 Å². The summed E-state index contributed by atoms with van der Waals surface area (Å²) >= 11 is 0. The van der Waals surface area contributed by atoms with Crippen molar-refractivity contribution in [3.8, 4) is 0 Å². The molecule has 0 aliphatic rings. The topological polar surface area (TPSA) is 37.3 Å². The lowest BCUT2D eigenvalue weighted by Gasteiger charge is -1.98. The van der Waals surface area contributed by atoms with E-state index in [0.29, 0.717) is 12.8 Å². The Bertz CT molecular complexity index is 77.3. The van der Waals surface area contributed by atoms with E-state index < -0.39 is 6.10 Å². The van der Waals surface area contributed by atoms with Gasteiger partial charge in [0.2, 0.25) is 0 Å². The Labute approximate surface area is 63.3 Å². The van der Waals surface area contributed by atoms with Gasteiger partial charge >= 0.3 is 0 Å². The maximum absolute atomic E-state index is 10.5. The minimum absolute atomic E-state index is 0.125. The molecule has 0 saturated heterocycles. The standard InChI is InChI=1S/C6H12O2.C2H6/c1-3-6(8)4-5(2)7;1-2/h5,7H,3-4H2,1-2H3;1-2H3. The monoisotopic (exact) mass is 146 g/mol. The highest BCUT2D eigenvalue weighted by Gasteiger charge is 2.01. The Kier molecular flexibility index (Phi) is 10.6. The number of aliphatic hydroxyl groups excluding tert-OH is 1. The fourth-order valence-electron chi connectivity index (χ4n) is 0.474. The minimum Gasteiger partial charge on any atom is -0.393 e. The molecule has 0 aliphatic heterocycles. The van der Waals surface area contributed by atoms with Crippen LogP contribution in [0.1, 0.15) is 40.5 Å². The molecule has 1 unspecified atom stereocenters. The Balaban J connectivity index is 0. The molecule has 0 bridgehead atoms. The number of hydrogen-bond acceptors (Lipinski definition) is 2. The Hall–Kier alpha value is -0.370. The second-order valence-corrected chi connectivity index (χ2v) is 1.95. The van der Waals surface area contributed by atoms with Crippen LogP contribution in [0.3, 0.4) is 0 Å². The Morgan fingerprint density at radius 3 is 2.00 bits per heavy atom. The minimum atomic E-state index is -0.470. The molecule has 0 aromatic rings. The van der Waals surface area contributed by atoms with Crippen LogP contribution >= 0.6 is 0 Å². The van der Waals surface area contributed by atoms with Crippen molar-refractivity contribution in [2.24, 2.45) is 0 Å². The molecule has 0 aliphatic carbocycles. The lowest BCUT2D eigenvalue weighted by Crippen LogP contribution is -2.07. The molecule has 0 saturated carbocycles. The first-order valence-corrected chi connectivity index (χ1v) is 3.86. The van der Waals surface area contributed by atoms with Crippen molar-refractivity contribution in [3.63, 3.8) is 0 Å². The summed E-state index contributed by atoms with van der Waals surface area (Å²) in [5.41, 5.74) is 0. The van der Waals surface area contributed by atoms with Gasteiger partial charge in [0.15, 0.2) is 0 Å². The zero-order valence-corrected chi connectivity index (χ0v) is 7.35. The second kappa shape index (κ2) is 8.63. The summed E-state index contributed by atoms with van der Waals surface area (Å²) in [5, 5.41) is 8.63. The lowest BCUT2D eigenvalue weighted by atomic mass is 10.2. The molecule has 0 aromatic carbocycles.